The van der Waals surface area contributed by atoms with Gasteiger partial charge < -0.3 is 25.1 Å². The zero-order valence-corrected chi connectivity index (χ0v) is 19.2. The van der Waals surface area contributed by atoms with Crippen molar-refractivity contribution in [3.63, 3.8) is 0 Å². The van der Waals surface area contributed by atoms with Gasteiger partial charge in [0.1, 0.15) is 22.9 Å². The summed E-state index contributed by atoms with van der Waals surface area (Å²) < 4.78 is 28.3. The van der Waals surface area contributed by atoms with E-state index in [9.17, 15) is 28.3 Å². The summed E-state index contributed by atoms with van der Waals surface area (Å²) in [7, 11) is 0. The molecule has 9 nitrogen and oxygen atoms in total. The van der Waals surface area contributed by atoms with Gasteiger partial charge in [-0.15, -0.1) is 0 Å². The van der Waals surface area contributed by atoms with E-state index < -0.39 is 45.5 Å². The number of hydrogen-bond acceptors (Lipinski definition) is 7. The molecule has 1 unspecified atom stereocenters. The summed E-state index contributed by atoms with van der Waals surface area (Å²) in [6.45, 7) is 6.68. The number of aromatic hydroxyl groups is 1. The molecule has 184 valence electrons. The molecule has 1 aromatic heterocycles. The molecule has 1 amide bonds. The Morgan fingerprint density at radius 2 is 2.00 bits per heavy atom. The number of carbonyl (C=O) groups excluding carboxylic acids is 2. The smallest absolute Gasteiger partial charge is 0.257 e. The van der Waals surface area contributed by atoms with E-state index in [-0.39, 0.29) is 30.4 Å². The number of ketones is 1. The van der Waals surface area contributed by atoms with Crippen LogP contribution in [0.25, 0.3) is 0 Å². The van der Waals surface area contributed by atoms with E-state index in [0.717, 1.165) is 6.07 Å². The van der Waals surface area contributed by atoms with Crippen molar-refractivity contribution in [2.45, 2.75) is 39.9 Å². The van der Waals surface area contributed by atoms with Crippen molar-refractivity contribution in [2.24, 2.45) is 5.41 Å². The topological polar surface area (TPSA) is 122 Å². The first-order valence-electron chi connectivity index (χ1n) is 10.9. The number of fused-ring (bicyclic) bond motifs is 1. The molecule has 0 aliphatic carbocycles. The van der Waals surface area contributed by atoms with Crippen molar-refractivity contribution in [3.8, 4) is 5.75 Å². The molecular weight excluding hydrogens is 450 g/mol. The maximum absolute atomic E-state index is 13.8. The monoisotopic (exact) mass is 478 g/mol. The number of halogens is 2. The van der Waals surface area contributed by atoms with E-state index >= 15 is 0 Å². The molecule has 1 aliphatic heterocycles. The van der Waals surface area contributed by atoms with Crippen molar-refractivity contribution >= 4 is 11.7 Å². The number of aromatic nitrogens is 1. The zero-order valence-electron chi connectivity index (χ0n) is 19.2. The van der Waals surface area contributed by atoms with Crippen LogP contribution in [0, 0.1) is 17.0 Å². The van der Waals surface area contributed by atoms with Crippen molar-refractivity contribution < 1.29 is 28.3 Å². The van der Waals surface area contributed by atoms with Crippen LogP contribution in [0.4, 0.5) is 8.78 Å². The van der Waals surface area contributed by atoms with Crippen LogP contribution in [-0.2, 0) is 17.9 Å². The highest BCUT2D eigenvalue weighted by atomic mass is 19.1. The molecule has 0 fully saturated rings. The van der Waals surface area contributed by atoms with Crippen molar-refractivity contribution in [2.75, 3.05) is 19.7 Å². The molecule has 2 heterocycles. The van der Waals surface area contributed by atoms with E-state index in [4.69, 9.17) is 4.84 Å². The van der Waals surface area contributed by atoms with Crippen LogP contribution in [0.3, 0.4) is 0 Å². The molecule has 0 spiro atoms. The molecule has 0 saturated carbocycles. The number of amides is 1. The van der Waals surface area contributed by atoms with Gasteiger partial charge in [0.05, 0.1) is 6.61 Å². The standard InChI is InChI=1S/C23H28F2N4O5/c1-4-34-28-8-7-26-17-12-29-11-15(19(30)20(31)18(29)21(32)23(17,2)3)22(33)27-10-13-5-6-14(24)9-16(13)25/h5-6,9,11,17,26,28,31H,4,7-8,10,12H2,1-3H3,(H,27,33). The molecule has 34 heavy (non-hydrogen) atoms. The largest absolute Gasteiger partial charge is 0.503 e. The molecule has 0 bridgehead atoms. The lowest BCUT2D eigenvalue weighted by molar-refractivity contribution is 0.0488. The predicted octanol–water partition coefficient (Wildman–Crippen LogP) is 1.48. The first-order chi connectivity index (χ1) is 16.1. The van der Waals surface area contributed by atoms with Gasteiger partial charge in [0, 0.05) is 55.5 Å². The first kappa shape index (κ1) is 25.5. The molecule has 1 atom stereocenters. The Bertz CT molecular complexity index is 1150. The first-order valence-corrected chi connectivity index (χ1v) is 10.9. The number of rotatable bonds is 9. The number of nitrogens with zero attached hydrogens (tertiary/aromatic N) is 1. The maximum atomic E-state index is 13.8. The highest BCUT2D eigenvalue weighted by Crippen LogP contribution is 2.34. The predicted molar refractivity (Wildman–Crippen MR) is 119 cm³/mol. The van der Waals surface area contributed by atoms with Crippen LogP contribution in [0.5, 0.6) is 5.75 Å². The summed E-state index contributed by atoms with van der Waals surface area (Å²) in [6.07, 6.45) is 1.22. The Hall–Kier alpha value is -3.15. The number of benzene rings is 1. The Morgan fingerprint density at radius 1 is 1.26 bits per heavy atom. The average Bonchev–Trinajstić information content (AvgIpc) is 2.78. The van der Waals surface area contributed by atoms with Crippen LogP contribution in [0.1, 0.15) is 47.2 Å². The minimum Gasteiger partial charge on any atom is -0.503 e. The summed E-state index contributed by atoms with van der Waals surface area (Å²) in [4.78, 5) is 43.6. The highest BCUT2D eigenvalue weighted by Gasteiger charge is 2.44. The molecule has 1 aromatic carbocycles. The van der Waals surface area contributed by atoms with Gasteiger partial charge >= 0.3 is 0 Å². The van der Waals surface area contributed by atoms with Crippen molar-refractivity contribution in [1.82, 2.24) is 20.7 Å². The van der Waals surface area contributed by atoms with Crippen LogP contribution in [-0.4, -0.2) is 47.1 Å². The third-order valence-corrected chi connectivity index (χ3v) is 5.87. The number of carbonyl (C=O) groups is 2. The van der Waals surface area contributed by atoms with Crippen LogP contribution < -0.4 is 21.5 Å². The molecule has 1 aliphatic rings. The van der Waals surface area contributed by atoms with Crippen LogP contribution >= 0.6 is 0 Å². The van der Waals surface area contributed by atoms with E-state index in [2.05, 4.69) is 16.1 Å². The summed E-state index contributed by atoms with van der Waals surface area (Å²) in [6, 6.07) is 2.56. The van der Waals surface area contributed by atoms with Crippen LogP contribution in [0.15, 0.2) is 29.2 Å². The maximum Gasteiger partial charge on any atom is 0.257 e. The quantitative estimate of drug-likeness (QED) is 0.318. The fraction of sp³-hybridized carbons (Fsp3) is 0.435. The third-order valence-electron chi connectivity index (χ3n) is 5.87. The lowest BCUT2D eigenvalue weighted by atomic mass is 9.75. The Morgan fingerprint density at radius 3 is 2.68 bits per heavy atom. The molecule has 0 saturated heterocycles. The lowest BCUT2D eigenvalue weighted by Crippen LogP contribution is -2.54. The van der Waals surface area contributed by atoms with Crippen molar-refractivity contribution in [1.29, 1.82) is 0 Å². The molecular formula is C23H28F2N4O5. The van der Waals surface area contributed by atoms with E-state index in [1.165, 1.54) is 16.8 Å². The van der Waals surface area contributed by atoms with E-state index in [1.807, 2.05) is 6.92 Å². The Labute approximate surface area is 195 Å². The van der Waals surface area contributed by atoms with E-state index in [0.29, 0.717) is 25.8 Å². The van der Waals surface area contributed by atoms with Crippen LogP contribution in [0.2, 0.25) is 0 Å². The second-order valence-electron chi connectivity index (χ2n) is 8.52. The fourth-order valence-corrected chi connectivity index (χ4v) is 3.81. The molecule has 0 radical (unpaired) electrons. The molecule has 4 N–H and O–H groups in total. The lowest BCUT2D eigenvalue weighted by Gasteiger charge is -2.39. The van der Waals surface area contributed by atoms with Gasteiger partial charge in [-0.1, -0.05) is 19.9 Å². The normalized spacial score (nSPS) is 16.9. The third kappa shape index (κ3) is 5.16. The molecule has 11 heteroatoms. The zero-order chi connectivity index (χ0) is 25.0. The second-order valence-corrected chi connectivity index (χ2v) is 8.52. The number of pyridine rings is 1. The van der Waals surface area contributed by atoms with E-state index in [1.54, 1.807) is 13.8 Å². The minimum absolute atomic E-state index is 0.0267. The van der Waals surface area contributed by atoms with Gasteiger partial charge in [0.25, 0.3) is 5.91 Å². The van der Waals surface area contributed by atoms with Gasteiger partial charge in [-0.3, -0.25) is 14.4 Å². The van der Waals surface area contributed by atoms with Gasteiger partial charge in [0.15, 0.2) is 11.5 Å². The SMILES string of the molecule is CCONCCNC1Cn2cc(C(=O)NCc3ccc(F)cc3F)c(=O)c(O)c2C(=O)C1(C)C. The molecule has 3 rings (SSSR count). The molecule has 2 aromatic rings. The Kier molecular flexibility index (Phi) is 7.80. The van der Waals surface area contributed by atoms with Gasteiger partial charge in [0.2, 0.25) is 5.43 Å². The van der Waals surface area contributed by atoms with Gasteiger partial charge in [-0.2, -0.15) is 0 Å². The Balaban J connectivity index is 1.83. The summed E-state index contributed by atoms with van der Waals surface area (Å²) >= 11 is 0. The summed E-state index contributed by atoms with van der Waals surface area (Å²) in [5.74, 6) is -3.71. The number of hydroxylamine groups is 1. The highest BCUT2D eigenvalue weighted by molar-refractivity contribution is 6.03. The second kappa shape index (κ2) is 10.4. The van der Waals surface area contributed by atoms with Crippen molar-refractivity contribution in [3.05, 3.63) is 63.1 Å². The number of nitrogens with one attached hydrogen (secondary N) is 3. The number of Topliss-reactive ketones (excluding diaryl/α,β-unsaturated/α-hetero) is 1. The average molecular weight is 478 g/mol. The van der Waals surface area contributed by atoms with Gasteiger partial charge in [-0.05, 0) is 13.0 Å². The van der Waals surface area contributed by atoms with Gasteiger partial charge in [-0.25, -0.2) is 14.3 Å². The summed E-state index contributed by atoms with van der Waals surface area (Å²) in [5, 5.41) is 16.2. The minimum atomic E-state index is -1.00. The number of hydrogen-bond donors (Lipinski definition) is 4. The summed E-state index contributed by atoms with van der Waals surface area (Å²) in [5.41, 5.74) is 0.306. The fourth-order valence-electron chi connectivity index (χ4n) is 3.81.